The van der Waals surface area contributed by atoms with E-state index >= 15 is 0 Å². The Morgan fingerprint density at radius 1 is 1.42 bits per heavy atom. The fourth-order valence-corrected chi connectivity index (χ4v) is 1.46. The molecule has 0 radical (unpaired) electrons. The van der Waals surface area contributed by atoms with Crippen LogP contribution < -0.4 is 15.8 Å². The van der Waals surface area contributed by atoms with Gasteiger partial charge in [0.25, 0.3) is 0 Å². The maximum Gasteiger partial charge on any atom is 0.244 e. The molecule has 4 nitrogen and oxygen atoms in total. The molecule has 104 valence electrons. The smallest absolute Gasteiger partial charge is 0.244 e. The third kappa shape index (κ3) is 6.62. The van der Waals surface area contributed by atoms with Crippen LogP contribution in [-0.2, 0) is 4.79 Å². The first-order valence-corrected chi connectivity index (χ1v) is 6.45. The van der Waals surface area contributed by atoms with Gasteiger partial charge in [0.1, 0.15) is 5.75 Å². The van der Waals surface area contributed by atoms with Crippen molar-refractivity contribution in [3.05, 3.63) is 35.9 Å². The Balaban J connectivity index is 2.58. The maximum atomic E-state index is 11.5. The Morgan fingerprint density at radius 3 is 2.79 bits per heavy atom. The Bertz CT molecular complexity index is 440. The van der Waals surface area contributed by atoms with Crippen molar-refractivity contribution in [1.29, 1.82) is 0 Å². The molecule has 0 saturated carbocycles. The van der Waals surface area contributed by atoms with Crippen LogP contribution in [0.15, 0.2) is 30.3 Å². The van der Waals surface area contributed by atoms with E-state index in [1.807, 2.05) is 45.0 Å². The number of ether oxygens (including phenoxy) is 1. The van der Waals surface area contributed by atoms with E-state index in [0.717, 1.165) is 11.3 Å². The van der Waals surface area contributed by atoms with Crippen LogP contribution in [-0.4, -0.2) is 24.6 Å². The van der Waals surface area contributed by atoms with Gasteiger partial charge in [-0.25, -0.2) is 0 Å². The van der Waals surface area contributed by atoms with Crippen LogP contribution in [0.4, 0.5) is 0 Å². The molecular formula is C15H22N2O2. The van der Waals surface area contributed by atoms with Crippen molar-refractivity contribution in [2.75, 3.05) is 6.54 Å². The number of hydrogen-bond acceptors (Lipinski definition) is 3. The second-order valence-corrected chi connectivity index (χ2v) is 4.79. The number of carbonyl (C=O) groups is 1. The second-order valence-electron chi connectivity index (χ2n) is 4.79. The highest BCUT2D eigenvalue weighted by atomic mass is 16.5. The molecule has 0 fully saturated rings. The first-order valence-electron chi connectivity index (χ1n) is 6.45. The van der Waals surface area contributed by atoms with Crippen molar-refractivity contribution in [1.82, 2.24) is 5.32 Å². The number of nitrogens with one attached hydrogen (secondary N) is 1. The first-order chi connectivity index (χ1) is 8.97. The Hall–Kier alpha value is -1.81. The van der Waals surface area contributed by atoms with Crippen LogP contribution in [0.25, 0.3) is 6.08 Å². The molecule has 4 heteroatoms. The molecule has 1 atom stereocenters. The summed E-state index contributed by atoms with van der Waals surface area (Å²) >= 11 is 0. The molecule has 0 aliphatic rings. The lowest BCUT2D eigenvalue weighted by atomic mass is 10.2. The monoisotopic (exact) mass is 262 g/mol. The van der Waals surface area contributed by atoms with Gasteiger partial charge in [-0.1, -0.05) is 12.1 Å². The van der Waals surface area contributed by atoms with Crippen molar-refractivity contribution in [2.45, 2.75) is 32.9 Å². The number of hydrogen-bond donors (Lipinski definition) is 2. The molecule has 0 heterocycles. The van der Waals surface area contributed by atoms with Crippen molar-refractivity contribution in [3.63, 3.8) is 0 Å². The van der Waals surface area contributed by atoms with Gasteiger partial charge in [0.15, 0.2) is 0 Å². The van der Waals surface area contributed by atoms with Crippen molar-refractivity contribution < 1.29 is 9.53 Å². The molecule has 0 bridgehead atoms. The van der Waals surface area contributed by atoms with Gasteiger partial charge in [0.2, 0.25) is 5.91 Å². The van der Waals surface area contributed by atoms with Crippen LogP contribution in [0.2, 0.25) is 0 Å². The van der Waals surface area contributed by atoms with Gasteiger partial charge in [0, 0.05) is 18.7 Å². The lowest BCUT2D eigenvalue weighted by Crippen LogP contribution is -2.34. The fourth-order valence-electron chi connectivity index (χ4n) is 1.46. The molecule has 1 rings (SSSR count). The average Bonchev–Trinajstić information content (AvgIpc) is 2.33. The summed E-state index contributed by atoms with van der Waals surface area (Å²) in [4.78, 5) is 11.5. The van der Waals surface area contributed by atoms with Crippen LogP contribution >= 0.6 is 0 Å². The molecule has 0 aliphatic heterocycles. The third-order valence-electron chi connectivity index (χ3n) is 2.26. The minimum atomic E-state index is -0.146. The molecule has 0 saturated heterocycles. The Morgan fingerprint density at radius 2 is 2.16 bits per heavy atom. The summed E-state index contributed by atoms with van der Waals surface area (Å²) in [6, 6.07) is 7.57. The van der Waals surface area contributed by atoms with Crippen molar-refractivity contribution in [2.24, 2.45) is 5.73 Å². The molecule has 0 aliphatic carbocycles. The molecule has 0 aromatic heterocycles. The minimum Gasteiger partial charge on any atom is -0.491 e. The maximum absolute atomic E-state index is 11.5. The molecule has 19 heavy (non-hydrogen) atoms. The van der Waals surface area contributed by atoms with Crippen LogP contribution in [0.3, 0.4) is 0 Å². The van der Waals surface area contributed by atoms with Gasteiger partial charge in [0.05, 0.1) is 6.10 Å². The predicted molar refractivity (Wildman–Crippen MR) is 77.9 cm³/mol. The van der Waals surface area contributed by atoms with E-state index in [4.69, 9.17) is 10.5 Å². The van der Waals surface area contributed by atoms with Crippen LogP contribution in [0.1, 0.15) is 26.3 Å². The summed E-state index contributed by atoms with van der Waals surface area (Å²) in [6.45, 7) is 6.27. The molecule has 1 aromatic carbocycles. The van der Waals surface area contributed by atoms with Gasteiger partial charge in [-0.2, -0.15) is 0 Å². The number of amides is 1. The standard InChI is InChI=1S/C15H22N2O2/c1-11(2)19-14-6-4-5-13(9-14)7-8-15(18)17-10-12(3)16/h4-9,11-12H,10,16H2,1-3H3,(H,17,18)/b8-7+. The first kappa shape index (κ1) is 15.2. The summed E-state index contributed by atoms with van der Waals surface area (Å²) in [5, 5.41) is 2.72. The van der Waals surface area contributed by atoms with Gasteiger partial charge in [-0.05, 0) is 44.5 Å². The molecular weight excluding hydrogens is 240 g/mol. The van der Waals surface area contributed by atoms with Gasteiger partial charge < -0.3 is 15.8 Å². The SMILES string of the molecule is CC(N)CNC(=O)/C=C/c1cccc(OC(C)C)c1. The highest BCUT2D eigenvalue weighted by Gasteiger charge is 1.99. The van der Waals surface area contributed by atoms with Crippen molar-refractivity contribution >= 4 is 12.0 Å². The zero-order chi connectivity index (χ0) is 14.3. The zero-order valence-electron chi connectivity index (χ0n) is 11.7. The fraction of sp³-hybridized carbons (Fsp3) is 0.400. The van der Waals surface area contributed by atoms with Gasteiger partial charge in [-0.3, -0.25) is 4.79 Å². The topological polar surface area (TPSA) is 64.3 Å². The largest absolute Gasteiger partial charge is 0.491 e. The lowest BCUT2D eigenvalue weighted by Gasteiger charge is -2.09. The van der Waals surface area contributed by atoms with Gasteiger partial charge in [-0.15, -0.1) is 0 Å². The number of carbonyl (C=O) groups excluding carboxylic acids is 1. The van der Waals surface area contributed by atoms with E-state index in [2.05, 4.69) is 5.32 Å². The highest BCUT2D eigenvalue weighted by Crippen LogP contribution is 2.15. The zero-order valence-corrected chi connectivity index (χ0v) is 11.7. The molecule has 3 N–H and O–H groups in total. The number of rotatable bonds is 6. The van der Waals surface area contributed by atoms with Crippen molar-refractivity contribution in [3.8, 4) is 5.75 Å². The summed E-state index contributed by atoms with van der Waals surface area (Å²) in [5.41, 5.74) is 6.48. The quantitative estimate of drug-likeness (QED) is 0.770. The van der Waals surface area contributed by atoms with E-state index in [-0.39, 0.29) is 18.1 Å². The Kier molecular flexibility index (Phi) is 6.09. The van der Waals surface area contributed by atoms with E-state index < -0.39 is 0 Å². The van der Waals surface area contributed by atoms with E-state index in [0.29, 0.717) is 6.54 Å². The Labute approximate surface area is 114 Å². The minimum absolute atomic E-state index is 0.0416. The van der Waals surface area contributed by atoms with Crippen LogP contribution in [0, 0.1) is 0 Å². The molecule has 1 amide bonds. The van der Waals surface area contributed by atoms with E-state index in [1.165, 1.54) is 6.08 Å². The summed E-state index contributed by atoms with van der Waals surface area (Å²) in [6.07, 6.45) is 3.38. The summed E-state index contributed by atoms with van der Waals surface area (Å²) in [7, 11) is 0. The van der Waals surface area contributed by atoms with Crippen LogP contribution in [0.5, 0.6) is 5.75 Å². The second kappa shape index (κ2) is 7.59. The third-order valence-corrected chi connectivity index (χ3v) is 2.26. The highest BCUT2D eigenvalue weighted by molar-refractivity contribution is 5.91. The molecule has 0 spiro atoms. The number of nitrogens with two attached hydrogens (primary N) is 1. The predicted octanol–water partition coefficient (Wildman–Crippen LogP) is 1.95. The van der Waals surface area contributed by atoms with E-state index in [1.54, 1.807) is 6.08 Å². The summed E-state index contributed by atoms with van der Waals surface area (Å²) < 4.78 is 5.59. The molecule has 1 aromatic rings. The molecule has 1 unspecified atom stereocenters. The lowest BCUT2D eigenvalue weighted by molar-refractivity contribution is -0.116. The van der Waals surface area contributed by atoms with E-state index in [9.17, 15) is 4.79 Å². The van der Waals surface area contributed by atoms with Gasteiger partial charge >= 0.3 is 0 Å². The number of benzene rings is 1. The average molecular weight is 262 g/mol. The summed E-state index contributed by atoms with van der Waals surface area (Å²) in [5.74, 6) is 0.653. The normalized spacial score (nSPS) is 12.7.